The molecular formula is C20H20FN5O3S. The SMILES string of the molecule is CN(C)CCN1C=NC(c2cc3nccc(Oc4ccc([N+](=O)[O-])cc4F)c3s2)C1. The maximum absolute atomic E-state index is 14.2. The lowest BCUT2D eigenvalue weighted by Gasteiger charge is -2.18. The van der Waals surface area contributed by atoms with Crippen molar-refractivity contribution in [1.82, 2.24) is 14.8 Å². The van der Waals surface area contributed by atoms with Crippen LogP contribution >= 0.6 is 11.3 Å². The van der Waals surface area contributed by atoms with Crippen LogP contribution in [0, 0.1) is 15.9 Å². The molecule has 0 amide bonds. The molecule has 4 rings (SSSR count). The van der Waals surface area contributed by atoms with E-state index in [4.69, 9.17) is 4.74 Å². The third-order valence-electron chi connectivity index (χ3n) is 4.72. The molecule has 0 fully saturated rings. The Hall–Kier alpha value is -3.11. The predicted octanol–water partition coefficient (Wildman–Crippen LogP) is 4.08. The van der Waals surface area contributed by atoms with Crippen molar-refractivity contribution in [1.29, 1.82) is 0 Å². The standard InChI is InChI=1S/C20H20FN5O3S/c1-24(2)7-8-25-11-16(23-12-25)19-10-15-20(30-19)18(5-6-22-15)29-17-4-3-13(26(27)28)9-14(17)21/h3-6,9-10,12,16H,7-8,11H2,1-2H3. The largest absolute Gasteiger partial charge is 0.453 e. The first-order valence-electron chi connectivity index (χ1n) is 9.33. The summed E-state index contributed by atoms with van der Waals surface area (Å²) in [5, 5.41) is 10.8. The minimum Gasteiger partial charge on any atom is -0.453 e. The van der Waals surface area contributed by atoms with Gasteiger partial charge in [-0.3, -0.25) is 20.1 Å². The lowest BCUT2D eigenvalue weighted by molar-refractivity contribution is -0.385. The van der Waals surface area contributed by atoms with Gasteiger partial charge in [-0.15, -0.1) is 11.3 Å². The number of pyridine rings is 1. The second-order valence-corrected chi connectivity index (χ2v) is 8.31. The first kappa shape index (κ1) is 20.2. The van der Waals surface area contributed by atoms with Crippen molar-refractivity contribution in [3.05, 3.63) is 57.3 Å². The number of hydrogen-bond donors (Lipinski definition) is 0. The number of nitrogens with zero attached hydrogens (tertiary/aromatic N) is 5. The molecule has 30 heavy (non-hydrogen) atoms. The van der Waals surface area contributed by atoms with Crippen LogP contribution in [0.15, 0.2) is 41.5 Å². The first-order valence-corrected chi connectivity index (χ1v) is 10.1. The van der Waals surface area contributed by atoms with Gasteiger partial charge in [0.25, 0.3) is 5.69 Å². The van der Waals surface area contributed by atoms with E-state index in [-0.39, 0.29) is 17.5 Å². The average molecular weight is 429 g/mol. The number of nitro groups is 1. The quantitative estimate of drug-likeness (QED) is 0.416. The lowest BCUT2D eigenvalue weighted by atomic mass is 10.2. The molecular weight excluding hydrogens is 409 g/mol. The van der Waals surface area contributed by atoms with Gasteiger partial charge in [-0.25, -0.2) is 4.39 Å². The van der Waals surface area contributed by atoms with Gasteiger partial charge in [-0.2, -0.15) is 0 Å². The van der Waals surface area contributed by atoms with Crippen molar-refractivity contribution < 1.29 is 14.1 Å². The molecule has 0 radical (unpaired) electrons. The van der Waals surface area contributed by atoms with Crippen LogP contribution in [-0.2, 0) is 0 Å². The van der Waals surface area contributed by atoms with Crippen LogP contribution < -0.4 is 4.74 Å². The summed E-state index contributed by atoms with van der Waals surface area (Å²) in [5.41, 5.74) is 0.424. The van der Waals surface area contributed by atoms with Crippen LogP contribution in [0.2, 0.25) is 0 Å². The Bertz CT molecular complexity index is 1120. The Labute approximate surface area is 176 Å². The van der Waals surface area contributed by atoms with Gasteiger partial charge in [-0.05, 0) is 26.2 Å². The fraction of sp³-hybridized carbons (Fsp3) is 0.300. The van der Waals surface area contributed by atoms with E-state index < -0.39 is 10.7 Å². The van der Waals surface area contributed by atoms with Crippen LogP contribution in [0.4, 0.5) is 10.1 Å². The Kier molecular flexibility index (Phi) is 5.60. The molecule has 2 aromatic heterocycles. The highest BCUT2D eigenvalue weighted by Crippen LogP contribution is 2.39. The molecule has 0 saturated carbocycles. The summed E-state index contributed by atoms with van der Waals surface area (Å²) in [6.45, 7) is 2.66. The van der Waals surface area contributed by atoms with Gasteiger partial charge >= 0.3 is 0 Å². The van der Waals surface area contributed by atoms with Crippen LogP contribution in [0.1, 0.15) is 10.9 Å². The van der Waals surface area contributed by atoms with Crippen molar-refractivity contribution >= 4 is 33.6 Å². The Morgan fingerprint density at radius 3 is 2.90 bits per heavy atom. The van der Waals surface area contributed by atoms with Crippen molar-refractivity contribution in [2.45, 2.75) is 6.04 Å². The summed E-state index contributed by atoms with van der Waals surface area (Å²) in [6.07, 6.45) is 3.48. The highest BCUT2D eigenvalue weighted by atomic mass is 32.1. The Morgan fingerprint density at radius 2 is 2.17 bits per heavy atom. The molecule has 0 spiro atoms. The zero-order chi connectivity index (χ0) is 21.3. The Balaban J connectivity index is 1.55. The number of halogens is 1. The minimum absolute atomic E-state index is 0.0234. The molecule has 3 aromatic rings. The number of fused-ring (bicyclic) bond motifs is 1. The van der Waals surface area contributed by atoms with Crippen molar-refractivity contribution in [3.8, 4) is 11.5 Å². The van der Waals surface area contributed by atoms with Crippen molar-refractivity contribution in [2.24, 2.45) is 4.99 Å². The fourth-order valence-electron chi connectivity index (χ4n) is 3.11. The summed E-state index contributed by atoms with van der Waals surface area (Å²) in [4.78, 5) is 24.5. The number of aromatic nitrogens is 1. The number of thiophene rings is 1. The fourth-order valence-corrected chi connectivity index (χ4v) is 4.22. The normalized spacial score (nSPS) is 16.0. The van der Waals surface area contributed by atoms with Gasteiger partial charge in [-0.1, -0.05) is 0 Å². The molecule has 1 unspecified atom stereocenters. The molecule has 1 aliphatic rings. The highest BCUT2D eigenvalue weighted by Gasteiger charge is 2.23. The number of non-ortho nitro benzene ring substituents is 1. The van der Waals surface area contributed by atoms with E-state index in [9.17, 15) is 14.5 Å². The van der Waals surface area contributed by atoms with E-state index in [0.717, 1.165) is 40.8 Å². The summed E-state index contributed by atoms with van der Waals surface area (Å²) in [6, 6.07) is 6.99. The predicted molar refractivity (Wildman–Crippen MR) is 114 cm³/mol. The molecule has 0 bridgehead atoms. The second kappa shape index (κ2) is 8.33. The van der Waals surface area contributed by atoms with Gasteiger partial charge in [0.2, 0.25) is 0 Å². The average Bonchev–Trinajstić information content (AvgIpc) is 3.35. The van der Waals surface area contributed by atoms with Gasteiger partial charge in [0, 0.05) is 42.8 Å². The maximum Gasteiger partial charge on any atom is 0.272 e. The van der Waals surface area contributed by atoms with Crippen molar-refractivity contribution in [3.63, 3.8) is 0 Å². The van der Waals surface area contributed by atoms with E-state index in [1.165, 1.54) is 23.5 Å². The summed E-state index contributed by atoms with van der Waals surface area (Å²) in [5.74, 6) is -0.407. The number of rotatable bonds is 7. The molecule has 10 heteroatoms. The molecule has 1 atom stereocenters. The molecule has 1 aromatic carbocycles. The number of ether oxygens (including phenoxy) is 1. The maximum atomic E-state index is 14.2. The smallest absolute Gasteiger partial charge is 0.272 e. The molecule has 1 aliphatic heterocycles. The number of hydrogen-bond acceptors (Lipinski definition) is 8. The minimum atomic E-state index is -0.789. The number of benzene rings is 1. The molecule has 0 saturated heterocycles. The van der Waals surface area contributed by atoms with Gasteiger partial charge < -0.3 is 14.5 Å². The first-order chi connectivity index (χ1) is 14.4. The molecule has 0 N–H and O–H groups in total. The zero-order valence-corrected chi connectivity index (χ0v) is 17.3. The summed E-state index contributed by atoms with van der Waals surface area (Å²) >= 11 is 1.51. The zero-order valence-electron chi connectivity index (χ0n) is 16.5. The topological polar surface area (TPSA) is 84.1 Å². The third kappa shape index (κ3) is 4.24. The number of aliphatic imine (C=N–C) groups is 1. The van der Waals surface area contributed by atoms with E-state index in [1.54, 1.807) is 12.3 Å². The van der Waals surface area contributed by atoms with Crippen LogP contribution in [-0.4, -0.2) is 59.8 Å². The third-order valence-corrected chi connectivity index (χ3v) is 5.96. The van der Waals surface area contributed by atoms with Crippen LogP contribution in [0.25, 0.3) is 10.2 Å². The van der Waals surface area contributed by atoms with Gasteiger partial charge in [0.05, 0.1) is 27.5 Å². The molecule has 8 nitrogen and oxygen atoms in total. The highest BCUT2D eigenvalue weighted by molar-refractivity contribution is 7.19. The van der Waals surface area contributed by atoms with E-state index in [1.807, 2.05) is 26.5 Å². The van der Waals surface area contributed by atoms with Gasteiger partial charge in [0.1, 0.15) is 11.8 Å². The second-order valence-electron chi connectivity index (χ2n) is 7.22. The van der Waals surface area contributed by atoms with E-state index in [2.05, 4.69) is 19.8 Å². The monoisotopic (exact) mass is 429 g/mol. The van der Waals surface area contributed by atoms with E-state index in [0.29, 0.717) is 5.75 Å². The van der Waals surface area contributed by atoms with Crippen LogP contribution in [0.5, 0.6) is 11.5 Å². The summed E-state index contributed by atoms with van der Waals surface area (Å²) < 4.78 is 20.8. The van der Waals surface area contributed by atoms with Crippen molar-refractivity contribution in [2.75, 3.05) is 33.7 Å². The van der Waals surface area contributed by atoms with Crippen LogP contribution in [0.3, 0.4) is 0 Å². The lowest BCUT2D eigenvalue weighted by Crippen LogP contribution is -2.29. The summed E-state index contributed by atoms with van der Waals surface area (Å²) in [7, 11) is 4.08. The Morgan fingerprint density at radius 1 is 1.33 bits per heavy atom. The number of nitro benzene ring substituents is 1. The number of likely N-dealkylation sites (N-methyl/N-ethyl adjacent to an activating group) is 1. The molecule has 0 aliphatic carbocycles. The molecule has 156 valence electrons. The molecule has 3 heterocycles. The van der Waals surface area contributed by atoms with E-state index >= 15 is 0 Å². The van der Waals surface area contributed by atoms with Gasteiger partial charge in [0.15, 0.2) is 11.6 Å².